The smallest absolute Gasteiger partial charge is 0.0552 e. The molecule has 14 heavy (non-hydrogen) atoms. The van der Waals surface area contributed by atoms with Crippen LogP contribution in [0.3, 0.4) is 0 Å². The van der Waals surface area contributed by atoms with Crippen LogP contribution in [0.1, 0.15) is 23.6 Å². The molecule has 0 bridgehead atoms. The van der Waals surface area contributed by atoms with Crippen LogP contribution in [0.2, 0.25) is 0 Å². The van der Waals surface area contributed by atoms with E-state index in [2.05, 4.69) is 23.5 Å². The Kier molecular flexibility index (Phi) is 2.85. The van der Waals surface area contributed by atoms with Crippen molar-refractivity contribution in [3.8, 4) is 0 Å². The molecule has 1 aromatic carbocycles. The predicted molar refractivity (Wildman–Crippen MR) is 57.2 cm³/mol. The number of hydrogen-bond donors (Lipinski definition) is 2. The van der Waals surface area contributed by atoms with Crippen LogP contribution in [-0.2, 0) is 19.4 Å². The maximum atomic E-state index is 9.39. The number of fused-ring (bicyclic) bond motifs is 1. The zero-order valence-electron chi connectivity index (χ0n) is 8.59. The Morgan fingerprint density at radius 3 is 3.14 bits per heavy atom. The Morgan fingerprint density at radius 1 is 1.50 bits per heavy atom. The zero-order chi connectivity index (χ0) is 9.97. The van der Waals surface area contributed by atoms with Crippen molar-refractivity contribution in [3.05, 3.63) is 34.9 Å². The van der Waals surface area contributed by atoms with E-state index in [1.54, 1.807) is 0 Å². The first-order valence-corrected chi connectivity index (χ1v) is 5.26. The molecule has 1 aliphatic heterocycles. The number of hydrogen-bond acceptors (Lipinski definition) is 2. The Bertz CT molecular complexity index is 320. The van der Waals surface area contributed by atoms with Crippen molar-refractivity contribution >= 4 is 0 Å². The molecule has 0 saturated heterocycles. The van der Waals surface area contributed by atoms with E-state index in [4.69, 9.17) is 0 Å². The first kappa shape index (κ1) is 9.69. The van der Waals surface area contributed by atoms with E-state index in [0.717, 1.165) is 25.9 Å². The molecule has 1 aliphatic rings. The molecule has 2 nitrogen and oxygen atoms in total. The number of nitrogens with one attached hydrogen (secondary N) is 1. The Hall–Kier alpha value is -0.860. The van der Waals surface area contributed by atoms with Gasteiger partial charge in [0.1, 0.15) is 0 Å². The number of benzene rings is 1. The Morgan fingerprint density at radius 2 is 2.36 bits per heavy atom. The van der Waals surface area contributed by atoms with Crippen LogP contribution in [-0.4, -0.2) is 17.8 Å². The normalized spacial score (nSPS) is 17.6. The molecule has 0 saturated carbocycles. The highest BCUT2D eigenvalue weighted by Gasteiger charge is 2.12. The monoisotopic (exact) mass is 191 g/mol. The van der Waals surface area contributed by atoms with E-state index >= 15 is 0 Å². The Balaban J connectivity index is 2.30. The number of aliphatic hydroxyl groups is 1. The minimum Gasteiger partial charge on any atom is -0.393 e. The molecule has 1 heterocycles. The van der Waals surface area contributed by atoms with Crippen LogP contribution >= 0.6 is 0 Å². The molecule has 0 amide bonds. The van der Waals surface area contributed by atoms with E-state index < -0.39 is 0 Å². The minimum atomic E-state index is -0.247. The van der Waals surface area contributed by atoms with Gasteiger partial charge in [-0.05, 0) is 43.0 Å². The minimum absolute atomic E-state index is 0.247. The summed E-state index contributed by atoms with van der Waals surface area (Å²) in [4.78, 5) is 0. The van der Waals surface area contributed by atoms with Gasteiger partial charge < -0.3 is 10.4 Å². The third-order valence-corrected chi connectivity index (χ3v) is 2.76. The van der Waals surface area contributed by atoms with Crippen molar-refractivity contribution in [1.29, 1.82) is 0 Å². The molecule has 2 N–H and O–H groups in total. The Labute approximate surface area is 85.0 Å². The summed E-state index contributed by atoms with van der Waals surface area (Å²) >= 11 is 0. The first-order valence-electron chi connectivity index (χ1n) is 5.26. The van der Waals surface area contributed by atoms with Gasteiger partial charge in [-0.15, -0.1) is 0 Å². The second-order valence-electron chi connectivity index (χ2n) is 4.03. The predicted octanol–water partition coefficient (Wildman–Crippen LogP) is 1.26. The second-order valence-corrected chi connectivity index (χ2v) is 4.03. The highest BCUT2D eigenvalue weighted by Crippen LogP contribution is 2.19. The van der Waals surface area contributed by atoms with Crippen LogP contribution in [0.15, 0.2) is 18.2 Å². The van der Waals surface area contributed by atoms with Crippen molar-refractivity contribution in [3.63, 3.8) is 0 Å². The lowest BCUT2D eigenvalue weighted by atomic mass is 9.93. The van der Waals surface area contributed by atoms with Crippen LogP contribution < -0.4 is 5.32 Å². The maximum absolute atomic E-state index is 9.39. The third-order valence-electron chi connectivity index (χ3n) is 2.76. The van der Waals surface area contributed by atoms with Crippen molar-refractivity contribution in [2.75, 3.05) is 6.54 Å². The SMILES string of the molecule is CC(O)Cc1cccc2c1CNCC2. The fraction of sp³-hybridized carbons (Fsp3) is 0.500. The van der Waals surface area contributed by atoms with Gasteiger partial charge in [0.2, 0.25) is 0 Å². The van der Waals surface area contributed by atoms with Gasteiger partial charge in [-0.1, -0.05) is 18.2 Å². The summed E-state index contributed by atoms with van der Waals surface area (Å²) in [7, 11) is 0. The molecule has 1 aromatic rings. The van der Waals surface area contributed by atoms with Gasteiger partial charge in [0.15, 0.2) is 0 Å². The quantitative estimate of drug-likeness (QED) is 0.737. The summed E-state index contributed by atoms with van der Waals surface area (Å²) in [5, 5.41) is 12.8. The maximum Gasteiger partial charge on any atom is 0.0552 e. The van der Waals surface area contributed by atoms with Gasteiger partial charge in [-0.3, -0.25) is 0 Å². The average Bonchev–Trinajstić information content (AvgIpc) is 2.18. The van der Waals surface area contributed by atoms with Gasteiger partial charge in [0, 0.05) is 6.54 Å². The lowest BCUT2D eigenvalue weighted by Crippen LogP contribution is -2.25. The van der Waals surface area contributed by atoms with Crippen LogP contribution in [0, 0.1) is 0 Å². The van der Waals surface area contributed by atoms with Crippen molar-refractivity contribution in [2.45, 2.75) is 32.4 Å². The average molecular weight is 191 g/mol. The molecule has 1 atom stereocenters. The van der Waals surface area contributed by atoms with E-state index in [1.807, 2.05) is 6.92 Å². The largest absolute Gasteiger partial charge is 0.393 e. The summed E-state index contributed by atoms with van der Waals surface area (Å²) in [5.41, 5.74) is 4.14. The van der Waals surface area contributed by atoms with E-state index in [1.165, 1.54) is 16.7 Å². The highest BCUT2D eigenvalue weighted by atomic mass is 16.3. The van der Waals surface area contributed by atoms with E-state index in [0.29, 0.717) is 0 Å². The van der Waals surface area contributed by atoms with Gasteiger partial charge in [0.25, 0.3) is 0 Å². The summed E-state index contributed by atoms with van der Waals surface area (Å²) in [5.74, 6) is 0. The molecule has 0 aliphatic carbocycles. The second kappa shape index (κ2) is 4.11. The molecule has 2 rings (SSSR count). The van der Waals surface area contributed by atoms with Gasteiger partial charge in [-0.2, -0.15) is 0 Å². The molecular formula is C12H17NO. The van der Waals surface area contributed by atoms with Gasteiger partial charge in [0.05, 0.1) is 6.10 Å². The summed E-state index contributed by atoms with van der Waals surface area (Å²) in [6.45, 7) is 3.87. The molecule has 0 spiro atoms. The fourth-order valence-electron chi connectivity index (χ4n) is 2.10. The van der Waals surface area contributed by atoms with Crippen LogP contribution in [0.4, 0.5) is 0 Å². The van der Waals surface area contributed by atoms with Gasteiger partial charge in [-0.25, -0.2) is 0 Å². The molecular weight excluding hydrogens is 174 g/mol. The molecule has 0 radical (unpaired) electrons. The standard InChI is InChI=1S/C12H17NO/c1-9(14)7-11-4-2-3-10-5-6-13-8-12(10)11/h2-4,9,13-14H,5-8H2,1H3. The van der Waals surface area contributed by atoms with Crippen molar-refractivity contribution in [1.82, 2.24) is 5.32 Å². The zero-order valence-corrected chi connectivity index (χ0v) is 8.59. The lowest BCUT2D eigenvalue weighted by Gasteiger charge is -2.20. The third kappa shape index (κ3) is 1.97. The van der Waals surface area contributed by atoms with Crippen LogP contribution in [0.5, 0.6) is 0 Å². The topological polar surface area (TPSA) is 32.3 Å². The molecule has 76 valence electrons. The fourth-order valence-corrected chi connectivity index (χ4v) is 2.10. The molecule has 2 heteroatoms. The first-order chi connectivity index (χ1) is 6.77. The van der Waals surface area contributed by atoms with E-state index in [-0.39, 0.29) is 6.10 Å². The lowest BCUT2D eigenvalue weighted by molar-refractivity contribution is 0.195. The molecule has 0 aromatic heterocycles. The van der Waals surface area contributed by atoms with Crippen LogP contribution in [0.25, 0.3) is 0 Å². The van der Waals surface area contributed by atoms with Gasteiger partial charge >= 0.3 is 0 Å². The highest BCUT2D eigenvalue weighted by molar-refractivity contribution is 5.37. The molecule has 0 fully saturated rings. The summed E-state index contributed by atoms with van der Waals surface area (Å²) < 4.78 is 0. The number of rotatable bonds is 2. The molecule has 1 unspecified atom stereocenters. The van der Waals surface area contributed by atoms with Crippen molar-refractivity contribution < 1.29 is 5.11 Å². The number of aliphatic hydroxyl groups excluding tert-OH is 1. The summed E-state index contributed by atoms with van der Waals surface area (Å²) in [6.07, 6.45) is 1.64. The van der Waals surface area contributed by atoms with Crippen molar-refractivity contribution in [2.24, 2.45) is 0 Å². The van der Waals surface area contributed by atoms with E-state index in [9.17, 15) is 5.11 Å². The summed E-state index contributed by atoms with van der Waals surface area (Å²) in [6, 6.07) is 6.42.